The van der Waals surface area contributed by atoms with Gasteiger partial charge in [-0.1, -0.05) is 35.3 Å². The molecule has 0 atom stereocenters. The molecule has 0 aliphatic heterocycles. The summed E-state index contributed by atoms with van der Waals surface area (Å²) in [6, 6.07) is 10.3. The van der Waals surface area contributed by atoms with Gasteiger partial charge in [0.15, 0.2) is 15.0 Å². The van der Waals surface area contributed by atoms with Gasteiger partial charge in [0, 0.05) is 23.0 Å². The van der Waals surface area contributed by atoms with Crippen LogP contribution in [0, 0.1) is 0 Å². The number of benzene rings is 1. The monoisotopic (exact) mass is 367 g/mol. The minimum atomic E-state index is -3.30. The lowest BCUT2D eigenvalue weighted by molar-refractivity contribution is 0.601. The first-order valence-corrected chi connectivity index (χ1v) is 9.16. The smallest absolute Gasteiger partial charge is 0.177 e. The molecule has 3 aromatic rings. The van der Waals surface area contributed by atoms with Crippen LogP contribution >= 0.6 is 23.2 Å². The topological polar surface area (TPSA) is 64.8 Å². The minimum absolute atomic E-state index is 0.150. The van der Waals surface area contributed by atoms with Crippen molar-refractivity contribution in [1.29, 1.82) is 0 Å². The van der Waals surface area contributed by atoms with E-state index in [0.717, 1.165) is 11.8 Å². The lowest BCUT2D eigenvalue weighted by atomic mass is 10.1. The van der Waals surface area contributed by atoms with Gasteiger partial charge in [-0.25, -0.2) is 18.4 Å². The molecule has 0 unspecified atom stereocenters. The number of rotatable bonds is 3. The molecule has 0 aliphatic rings. The Balaban J connectivity index is 2.12. The molecule has 2 heterocycles. The number of imidazole rings is 1. The van der Waals surface area contributed by atoms with Crippen molar-refractivity contribution in [1.82, 2.24) is 14.5 Å². The summed E-state index contributed by atoms with van der Waals surface area (Å²) in [5.41, 5.74) is 1.42. The summed E-state index contributed by atoms with van der Waals surface area (Å²) in [7, 11) is -3.30. The summed E-state index contributed by atoms with van der Waals surface area (Å²) >= 11 is 12.2. The summed E-state index contributed by atoms with van der Waals surface area (Å²) in [5, 5.41) is 0.882. The van der Waals surface area contributed by atoms with Gasteiger partial charge in [0.2, 0.25) is 0 Å². The van der Waals surface area contributed by atoms with Crippen molar-refractivity contribution in [2.45, 2.75) is 4.90 Å². The lowest BCUT2D eigenvalue weighted by Crippen LogP contribution is -2.02. The van der Waals surface area contributed by atoms with E-state index in [-0.39, 0.29) is 4.90 Å². The Kier molecular flexibility index (Phi) is 4.14. The van der Waals surface area contributed by atoms with E-state index in [1.165, 1.54) is 18.6 Å². The zero-order chi connectivity index (χ0) is 16.6. The van der Waals surface area contributed by atoms with E-state index >= 15 is 0 Å². The quantitative estimate of drug-likeness (QED) is 0.708. The van der Waals surface area contributed by atoms with Crippen molar-refractivity contribution in [3.8, 4) is 17.1 Å². The zero-order valence-corrected chi connectivity index (χ0v) is 14.3. The highest BCUT2D eigenvalue weighted by Crippen LogP contribution is 2.30. The van der Waals surface area contributed by atoms with Gasteiger partial charge < -0.3 is 0 Å². The third kappa shape index (κ3) is 3.24. The van der Waals surface area contributed by atoms with Crippen LogP contribution in [0.2, 0.25) is 10.2 Å². The Hall–Kier alpha value is -1.89. The van der Waals surface area contributed by atoms with Crippen LogP contribution in [-0.2, 0) is 9.84 Å². The van der Waals surface area contributed by atoms with E-state index in [1.807, 2.05) is 12.1 Å². The summed E-state index contributed by atoms with van der Waals surface area (Å²) in [6.45, 7) is 0. The predicted molar refractivity (Wildman–Crippen MR) is 89.9 cm³/mol. The van der Waals surface area contributed by atoms with Gasteiger partial charge in [-0.15, -0.1) is 0 Å². The van der Waals surface area contributed by atoms with Gasteiger partial charge in [-0.2, -0.15) is 0 Å². The van der Waals surface area contributed by atoms with E-state index in [4.69, 9.17) is 23.2 Å². The number of pyridine rings is 1. The van der Waals surface area contributed by atoms with Crippen molar-refractivity contribution >= 4 is 33.0 Å². The van der Waals surface area contributed by atoms with E-state index in [1.54, 1.807) is 22.8 Å². The molecule has 0 spiro atoms. The van der Waals surface area contributed by atoms with Crippen LogP contribution in [0.3, 0.4) is 0 Å². The average molecular weight is 368 g/mol. The normalized spacial score (nSPS) is 11.6. The first-order chi connectivity index (χ1) is 10.9. The highest BCUT2D eigenvalue weighted by Gasteiger charge is 2.15. The van der Waals surface area contributed by atoms with Crippen LogP contribution in [0.25, 0.3) is 17.1 Å². The standard InChI is InChI=1S/C15H11Cl2N3O2S/c1-23(21,22)12-5-6-13(18-8-12)20-9-19-15(17)14(20)10-3-2-4-11(16)7-10/h2-9H,1H3. The second-order valence-corrected chi connectivity index (χ2v) is 7.70. The Morgan fingerprint density at radius 2 is 1.87 bits per heavy atom. The molecule has 2 aromatic heterocycles. The first-order valence-electron chi connectivity index (χ1n) is 6.51. The van der Waals surface area contributed by atoms with Crippen molar-refractivity contribution in [3.05, 3.63) is 59.1 Å². The summed E-state index contributed by atoms with van der Waals surface area (Å²) < 4.78 is 24.7. The number of halogens is 2. The molecular weight excluding hydrogens is 357 g/mol. The van der Waals surface area contributed by atoms with Gasteiger partial charge in [-0.05, 0) is 24.3 Å². The van der Waals surface area contributed by atoms with Crippen LogP contribution in [0.5, 0.6) is 0 Å². The molecule has 3 rings (SSSR count). The second kappa shape index (κ2) is 5.96. The molecule has 0 radical (unpaired) electrons. The molecule has 0 amide bonds. The summed E-state index contributed by atoms with van der Waals surface area (Å²) in [4.78, 5) is 8.44. The molecule has 1 aromatic carbocycles. The molecule has 0 aliphatic carbocycles. The molecule has 8 heteroatoms. The van der Waals surface area contributed by atoms with Gasteiger partial charge in [0.1, 0.15) is 12.1 Å². The fraction of sp³-hybridized carbons (Fsp3) is 0.0667. The Labute approximate surface area is 143 Å². The average Bonchev–Trinajstić information content (AvgIpc) is 2.88. The second-order valence-electron chi connectivity index (χ2n) is 4.89. The van der Waals surface area contributed by atoms with E-state index in [2.05, 4.69) is 9.97 Å². The van der Waals surface area contributed by atoms with Gasteiger partial charge in [-0.3, -0.25) is 4.57 Å². The highest BCUT2D eigenvalue weighted by atomic mass is 35.5. The number of hydrogen-bond donors (Lipinski definition) is 0. The molecule has 118 valence electrons. The zero-order valence-electron chi connectivity index (χ0n) is 11.9. The number of nitrogens with zero attached hydrogens (tertiary/aromatic N) is 3. The maximum absolute atomic E-state index is 11.5. The maximum atomic E-state index is 11.5. The Morgan fingerprint density at radius 3 is 2.48 bits per heavy atom. The maximum Gasteiger partial charge on any atom is 0.177 e. The fourth-order valence-electron chi connectivity index (χ4n) is 2.13. The lowest BCUT2D eigenvalue weighted by Gasteiger charge is -2.09. The molecule has 0 bridgehead atoms. The van der Waals surface area contributed by atoms with Crippen LogP contribution in [0.1, 0.15) is 0 Å². The van der Waals surface area contributed by atoms with Gasteiger partial charge in [0.25, 0.3) is 0 Å². The third-order valence-corrected chi connectivity index (χ3v) is 4.83. The summed E-state index contributed by atoms with van der Waals surface area (Å²) in [5.74, 6) is 0.506. The Bertz CT molecular complexity index is 967. The third-order valence-electron chi connectivity index (χ3n) is 3.22. The Morgan fingerprint density at radius 1 is 1.09 bits per heavy atom. The van der Waals surface area contributed by atoms with Gasteiger partial charge >= 0.3 is 0 Å². The first kappa shape index (κ1) is 16.0. The largest absolute Gasteiger partial charge is 0.281 e. The number of hydrogen-bond acceptors (Lipinski definition) is 4. The van der Waals surface area contributed by atoms with E-state index < -0.39 is 9.84 Å². The molecule has 0 fully saturated rings. The molecule has 0 saturated carbocycles. The van der Waals surface area contributed by atoms with Crippen molar-refractivity contribution in [3.63, 3.8) is 0 Å². The molecule has 0 N–H and O–H groups in total. The highest BCUT2D eigenvalue weighted by molar-refractivity contribution is 7.90. The molecular formula is C15H11Cl2N3O2S. The van der Waals surface area contributed by atoms with Gasteiger partial charge in [0.05, 0.1) is 10.6 Å². The number of sulfone groups is 1. The van der Waals surface area contributed by atoms with Crippen LogP contribution in [0.4, 0.5) is 0 Å². The van der Waals surface area contributed by atoms with Crippen LogP contribution in [-0.4, -0.2) is 29.2 Å². The molecule has 5 nitrogen and oxygen atoms in total. The number of aromatic nitrogens is 3. The van der Waals surface area contributed by atoms with Crippen LogP contribution in [0.15, 0.2) is 53.8 Å². The minimum Gasteiger partial charge on any atom is -0.281 e. The van der Waals surface area contributed by atoms with Crippen molar-refractivity contribution in [2.75, 3.05) is 6.26 Å². The molecule has 23 heavy (non-hydrogen) atoms. The van der Waals surface area contributed by atoms with Crippen molar-refractivity contribution in [2.24, 2.45) is 0 Å². The van der Waals surface area contributed by atoms with Crippen LogP contribution < -0.4 is 0 Å². The summed E-state index contributed by atoms with van der Waals surface area (Å²) in [6.07, 6.45) is 3.97. The fourth-order valence-corrected chi connectivity index (χ4v) is 3.12. The predicted octanol–water partition coefficient (Wildman–Crippen LogP) is 3.64. The SMILES string of the molecule is CS(=O)(=O)c1ccc(-n2cnc(Cl)c2-c2cccc(Cl)c2)nc1. The van der Waals surface area contributed by atoms with E-state index in [9.17, 15) is 8.42 Å². The molecule has 0 saturated heterocycles. The van der Waals surface area contributed by atoms with Crippen molar-refractivity contribution < 1.29 is 8.42 Å². The van der Waals surface area contributed by atoms with E-state index in [0.29, 0.717) is 21.7 Å².